The van der Waals surface area contributed by atoms with Crippen LogP contribution in [0, 0.1) is 0 Å². The predicted octanol–water partition coefficient (Wildman–Crippen LogP) is 6.00. The number of anilines is 2. The van der Waals surface area contributed by atoms with E-state index in [1.807, 2.05) is 0 Å². The van der Waals surface area contributed by atoms with Crippen molar-refractivity contribution in [1.29, 1.82) is 0 Å². The largest absolute Gasteiger partial charge is 0.494 e. The number of nitrogens with zero attached hydrogens (tertiary/aromatic N) is 2. The number of hydrogen-bond donors (Lipinski definition) is 0. The average molecular weight is 606 g/mol. The minimum atomic E-state index is -3.95. The summed E-state index contributed by atoms with van der Waals surface area (Å²) in [6.45, 7) is 7.68. The zero-order valence-electron chi connectivity index (χ0n) is 20.5. The van der Waals surface area contributed by atoms with Crippen LogP contribution in [0.4, 0.5) is 11.4 Å². The Balaban J connectivity index is 2.19. The molecule has 0 aliphatic heterocycles. The van der Waals surface area contributed by atoms with Gasteiger partial charge in [-0.05, 0) is 59.1 Å². The van der Waals surface area contributed by atoms with E-state index in [9.17, 15) is 16.8 Å². The molecule has 0 bridgehead atoms. The topological polar surface area (TPSA) is 84.0 Å². The fourth-order valence-electron chi connectivity index (χ4n) is 3.68. The molecule has 196 valence electrons. The lowest BCUT2D eigenvalue weighted by Gasteiger charge is -2.29. The van der Waals surface area contributed by atoms with Crippen molar-refractivity contribution in [3.05, 3.63) is 103 Å². The monoisotopic (exact) mass is 604 g/mol. The number of halogens is 1. The molecule has 0 aromatic heterocycles. The van der Waals surface area contributed by atoms with E-state index in [0.29, 0.717) is 23.0 Å². The summed E-state index contributed by atoms with van der Waals surface area (Å²) in [5, 5.41) is 0. The molecule has 0 fully saturated rings. The Kier molecular flexibility index (Phi) is 9.58. The van der Waals surface area contributed by atoms with Crippen LogP contribution >= 0.6 is 15.9 Å². The normalized spacial score (nSPS) is 11.5. The van der Waals surface area contributed by atoms with Crippen LogP contribution in [0.15, 0.2) is 112 Å². The van der Waals surface area contributed by atoms with E-state index < -0.39 is 20.0 Å². The first-order valence-electron chi connectivity index (χ1n) is 11.4. The van der Waals surface area contributed by atoms with E-state index in [1.165, 1.54) is 46.1 Å². The third-order valence-corrected chi connectivity index (χ3v) is 9.81. The van der Waals surface area contributed by atoms with Gasteiger partial charge in [-0.15, -0.1) is 13.2 Å². The van der Waals surface area contributed by atoms with Crippen LogP contribution in [-0.4, -0.2) is 37.0 Å². The minimum absolute atomic E-state index is 0.116. The van der Waals surface area contributed by atoms with E-state index in [1.54, 1.807) is 54.6 Å². The summed E-state index contributed by atoms with van der Waals surface area (Å²) < 4.78 is 63.0. The lowest BCUT2D eigenvalue weighted by Crippen LogP contribution is -2.34. The second kappa shape index (κ2) is 12.4. The third-order valence-electron chi connectivity index (χ3n) is 5.52. The Bertz CT molecular complexity index is 1440. The molecule has 0 aliphatic rings. The van der Waals surface area contributed by atoms with Crippen molar-refractivity contribution in [2.75, 3.05) is 28.8 Å². The highest BCUT2D eigenvalue weighted by Gasteiger charge is 2.31. The van der Waals surface area contributed by atoms with Gasteiger partial charge in [-0.25, -0.2) is 16.8 Å². The van der Waals surface area contributed by atoms with Crippen molar-refractivity contribution in [2.45, 2.75) is 22.6 Å². The highest BCUT2D eigenvalue weighted by Crippen LogP contribution is 2.42. The van der Waals surface area contributed by atoms with Gasteiger partial charge >= 0.3 is 0 Å². The fraction of sp³-hybridized carbons (Fsp3) is 0.185. The van der Waals surface area contributed by atoms with Gasteiger partial charge < -0.3 is 4.74 Å². The lowest BCUT2D eigenvalue weighted by atomic mass is 10.2. The Morgan fingerprint density at radius 2 is 1.19 bits per heavy atom. The van der Waals surface area contributed by atoms with Crippen molar-refractivity contribution >= 4 is 47.4 Å². The molecule has 0 unspecified atom stereocenters. The molecule has 0 saturated carbocycles. The number of methoxy groups -OCH3 is 1. The van der Waals surface area contributed by atoms with Gasteiger partial charge in [0.05, 0.1) is 28.3 Å². The van der Waals surface area contributed by atoms with Crippen molar-refractivity contribution in [3.8, 4) is 5.75 Å². The summed E-state index contributed by atoms with van der Waals surface area (Å²) in [4.78, 5) is 0.258. The summed E-state index contributed by atoms with van der Waals surface area (Å²) in [6.07, 6.45) is 4.06. The fourth-order valence-corrected chi connectivity index (χ4v) is 7.36. The van der Waals surface area contributed by atoms with Crippen LogP contribution in [0.5, 0.6) is 5.75 Å². The summed E-state index contributed by atoms with van der Waals surface area (Å²) in [5.41, 5.74) is 0.580. The lowest BCUT2D eigenvalue weighted by molar-refractivity contribution is 0.415. The number of benzene rings is 3. The molecule has 3 aromatic carbocycles. The molecular formula is C27H29BrN2O5S2. The first-order valence-corrected chi connectivity index (χ1v) is 15.1. The zero-order chi connectivity index (χ0) is 27.1. The summed E-state index contributed by atoms with van der Waals surface area (Å²) in [6, 6.07) is 19.3. The second-order valence-electron chi connectivity index (χ2n) is 7.91. The first-order chi connectivity index (χ1) is 17.7. The van der Waals surface area contributed by atoms with Gasteiger partial charge in [0, 0.05) is 23.6 Å². The van der Waals surface area contributed by atoms with E-state index in [0.717, 1.165) is 0 Å². The van der Waals surface area contributed by atoms with Gasteiger partial charge in [0.2, 0.25) is 0 Å². The van der Waals surface area contributed by atoms with Crippen LogP contribution in [0.2, 0.25) is 0 Å². The minimum Gasteiger partial charge on any atom is -0.494 e. The predicted molar refractivity (Wildman–Crippen MR) is 152 cm³/mol. The van der Waals surface area contributed by atoms with Crippen molar-refractivity contribution in [2.24, 2.45) is 0 Å². The van der Waals surface area contributed by atoms with Gasteiger partial charge in [-0.1, -0.05) is 48.6 Å². The smallest absolute Gasteiger partial charge is 0.264 e. The molecule has 10 heteroatoms. The van der Waals surface area contributed by atoms with Crippen LogP contribution in [-0.2, 0) is 20.0 Å². The Morgan fingerprint density at radius 3 is 1.59 bits per heavy atom. The molecule has 0 radical (unpaired) electrons. The van der Waals surface area contributed by atoms with Gasteiger partial charge in [0.15, 0.2) is 0 Å². The molecule has 0 amide bonds. The highest BCUT2D eigenvalue weighted by atomic mass is 79.9. The van der Waals surface area contributed by atoms with E-state index in [2.05, 4.69) is 29.1 Å². The summed E-state index contributed by atoms with van der Waals surface area (Å²) in [5.74, 6) is 0.202. The molecule has 3 aromatic rings. The van der Waals surface area contributed by atoms with Crippen LogP contribution < -0.4 is 13.3 Å². The quantitative estimate of drug-likeness (QED) is 0.223. The van der Waals surface area contributed by atoms with E-state index in [4.69, 9.17) is 4.74 Å². The standard InChI is InChI=1S/C27H29BrN2O5S2/c1-4-6-18-29(36(31,32)22-14-10-8-11-15-22)25-21-27(35-3)26(20-24(25)28)30(19-7-5-2)37(33,34)23-16-12-9-13-17-23/h4-5,8-17,20-21H,1-2,6-7,18-19H2,3H3. The maximum absolute atomic E-state index is 13.6. The van der Waals surface area contributed by atoms with E-state index in [-0.39, 0.29) is 34.3 Å². The van der Waals surface area contributed by atoms with Crippen LogP contribution in [0.3, 0.4) is 0 Å². The molecule has 0 saturated heterocycles. The number of ether oxygens (including phenoxy) is 1. The molecule has 0 heterocycles. The number of hydrogen-bond acceptors (Lipinski definition) is 5. The average Bonchev–Trinajstić information content (AvgIpc) is 2.90. The Hall–Kier alpha value is -3.08. The maximum atomic E-state index is 13.6. The number of sulfonamides is 2. The van der Waals surface area contributed by atoms with E-state index >= 15 is 0 Å². The SMILES string of the molecule is C=CCCN(c1cc(OC)c(N(CCC=C)S(=O)(=O)c2ccccc2)cc1Br)S(=O)(=O)c1ccccc1. The van der Waals surface area contributed by atoms with Crippen molar-refractivity contribution in [3.63, 3.8) is 0 Å². The van der Waals surface area contributed by atoms with Crippen molar-refractivity contribution in [1.82, 2.24) is 0 Å². The molecule has 7 nitrogen and oxygen atoms in total. The Morgan fingerprint density at radius 1 is 0.757 bits per heavy atom. The molecule has 0 atom stereocenters. The van der Waals surface area contributed by atoms with Crippen LogP contribution in [0.25, 0.3) is 0 Å². The first kappa shape index (κ1) is 28.5. The highest BCUT2D eigenvalue weighted by molar-refractivity contribution is 9.10. The molecule has 0 spiro atoms. The second-order valence-corrected chi connectivity index (χ2v) is 12.5. The summed E-state index contributed by atoms with van der Waals surface area (Å²) in [7, 11) is -6.48. The van der Waals surface area contributed by atoms with Gasteiger partial charge in [0.1, 0.15) is 5.75 Å². The van der Waals surface area contributed by atoms with Gasteiger partial charge in [-0.2, -0.15) is 0 Å². The summed E-state index contributed by atoms with van der Waals surface area (Å²) >= 11 is 3.50. The Labute approximate surface area is 227 Å². The molecule has 3 rings (SSSR count). The van der Waals surface area contributed by atoms with Crippen molar-refractivity contribution < 1.29 is 21.6 Å². The third kappa shape index (κ3) is 6.26. The maximum Gasteiger partial charge on any atom is 0.264 e. The molecule has 0 N–H and O–H groups in total. The van der Waals surface area contributed by atoms with Gasteiger partial charge in [0.25, 0.3) is 20.0 Å². The molecule has 37 heavy (non-hydrogen) atoms. The zero-order valence-corrected chi connectivity index (χ0v) is 23.7. The van der Waals surface area contributed by atoms with Gasteiger partial charge in [-0.3, -0.25) is 8.61 Å². The molecular weight excluding hydrogens is 576 g/mol. The van der Waals surface area contributed by atoms with Crippen LogP contribution in [0.1, 0.15) is 12.8 Å². The number of rotatable bonds is 13. The molecule has 0 aliphatic carbocycles.